The first-order valence-corrected chi connectivity index (χ1v) is 12.0. The van der Waals surface area contributed by atoms with Gasteiger partial charge in [0.15, 0.2) is 0 Å². The zero-order valence-electron chi connectivity index (χ0n) is 18.6. The van der Waals surface area contributed by atoms with Crippen LogP contribution in [0.1, 0.15) is 96.8 Å². The van der Waals surface area contributed by atoms with Crippen molar-refractivity contribution >= 4 is 0 Å². The van der Waals surface area contributed by atoms with Crippen LogP contribution in [-0.2, 0) is 9.47 Å². The SMILES string of the molecule is CCCCCCCC/C=C\CCCCCCC(CO)OCCC1OCC(O)C1O. The van der Waals surface area contributed by atoms with Gasteiger partial charge in [0.1, 0.15) is 12.2 Å². The Morgan fingerprint density at radius 1 is 0.931 bits per heavy atom. The van der Waals surface area contributed by atoms with E-state index >= 15 is 0 Å². The Hall–Kier alpha value is -0.460. The van der Waals surface area contributed by atoms with Crippen LogP contribution in [0.5, 0.6) is 0 Å². The van der Waals surface area contributed by atoms with Gasteiger partial charge in [-0.15, -0.1) is 0 Å². The Balaban J connectivity index is 1.89. The van der Waals surface area contributed by atoms with Gasteiger partial charge in [0.2, 0.25) is 0 Å². The van der Waals surface area contributed by atoms with Crippen molar-refractivity contribution in [2.24, 2.45) is 0 Å². The molecule has 172 valence electrons. The molecule has 1 aliphatic rings. The highest BCUT2D eigenvalue weighted by Crippen LogP contribution is 2.18. The number of aliphatic hydroxyl groups is 3. The van der Waals surface area contributed by atoms with E-state index in [2.05, 4.69) is 19.1 Å². The van der Waals surface area contributed by atoms with E-state index in [4.69, 9.17) is 9.47 Å². The van der Waals surface area contributed by atoms with Gasteiger partial charge in [0.25, 0.3) is 0 Å². The first kappa shape index (κ1) is 26.6. The van der Waals surface area contributed by atoms with E-state index in [1.165, 1.54) is 70.6 Å². The maximum absolute atomic E-state index is 9.74. The third-order valence-electron chi connectivity index (χ3n) is 5.75. The Kier molecular flexibility index (Phi) is 16.8. The van der Waals surface area contributed by atoms with E-state index in [1.54, 1.807) is 0 Å². The fourth-order valence-corrected chi connectivity index (χ4v) is 3.77. The predicted octanol–water partition coefficient (Wildman–Crippen LogP) is 4.52. The van der Waals surface area contributed by atoms with E-state index < -0.39 is 12.2 Å². The maximum atomic E-state index is 9.74. The average Bonchev–Trinajstić information content (AvgIpc) is 3.04. The van der Waals surface area contributed by atoms with Crippen molar-refractivity contribution in [3.05, 3.63) is 12.2 Å². The summed E-state index contributed by atoms with van der Waals surface area (Å²) in [5.41, 5.74) is 0. The minimum absolute atomic E-state index is 0.0257. The maximum Gasteiger partial charge on any atom is 0.108 e. The molecule has 0 aromatic rings. The standard InChI is InChI=1S/C24H46O5/c1-2-3-4-5-6-7-8-9-10-11-12-13-14-15-16-21(19-25)28-18-17-23-24(27)22(26)20-29-23/h9-10,21-27H,2-8,11-20H2,1H3/b10-9-. The summed E-state index contributed by atoms with van der Waals surface area (Å²) in [6, 6.07) is 0. The summed E-state index contributed by atoms with van der Waals surface area (Å²) in [7, 11) is 0. The molecule has 5 nitrogen and oxygen atoms in total. The quantitative estimate of drug-likeness (QED) is 0.214. The molecule has 5 heteroatoms. The van der Waals surface area contributed by atoms with E-state index in [-0.39, 0.29) is 25.4 Å². The lowest BCUT2D eigenvalue weighted by Crippen LogP contribution is -2.31. The van der Waals surface area contributed by atoms with Crippen LogP contribution in [0.2, 0.25) is 0 Å². The molecule has 0 bridgehead atoms. The molecule has 0 saturated carbocycles. The molecule has 4 unspecified atom stereocenters. The van der Waals surface area contributed by atoms with Crippen LogP contribution in [-0.4, -0.2) is 59.6 Å². The molecular formula is C24H46O5. The van der Waals surface area contributed by atoms with Crippen molar-refractivity contribution < 1.29 is 24.8 Å². The molecule has 29 heavy (non-hydrogen) atoms. The van der Waals surface area contributed by atoms with E-state index in [1.807, 2.05) is 0 Å². The summed E-state index contributed by atoms with van der Waals surface area (Å²) < 4.78 is 11.0. The van der Waals surface area contributed by atoms with Crippen molar-refractivity contribution in [2.45, 2.75) is 121 Å². The van der Waals surface area contributed by atoms with Gasteiger partial charge in [-0.25, -0.2) is 0 Å². The fourth-order valence-electron chi connectivity index (χ4n) is 3.77. The highest BCUT2D eigenvalue weighted by molar-refractivity contribution is 4.83. The molecule has 0 radical (unpaired) electrons. The van der Waals surface area contributed by atoms with Crippen LogP contribution in [0.15, 0.2) is 12.2 Å². The van der Waals surface area contributed by atoms with Crippen LogP contribution in [0.4, 0.5) is 0 Å². The summed E-state index contributed by atoms with van der Waals surface area (Å²) in [5.74, 6) is 0. The number of hydrogen-bond acceptors (Lipinski definition) is 5. The summed E-state index contributed by atoms with van der Waals surface area (Å²) in [6.45, 7) is 2.90. The third kappa shape index (κ3) is 13.5. The van der Waals surface area contributed by atoms with Gasteiger partial charge in [0.05, 0.1) is 25.4 Å². The zero-order valence-corrected chi connectivity index (χ0v) is 18.6. The number of ether oxygens (including phenoxy) is 2. The van der Waals surface area contributed by atoms with Crippen LogP contribution in [0.3, 0.4) is 0 Å². The van der Waals surface area contributed by atoms with Crippen molar-refractivity contribution in [1.82, 2.24) is 0 Å². The predicted molar refractivity (Wildman–Crippen MR) is 118 cm³/mol. The molecule has 0 spiro atoms. The second-order valence-electron chi connectivity index (χ2n) is 8.41. The van der Waals surface area contributed by atoms with Gasteiger partial charge in [-0.3, -0.25) is 0 Å². The largest absolute Gasteiger partial charge is 0.394 e. The Bertz CT molecular complexity index is 387. The topological polar surface area (TPSA) is 79.2 Å². The minimum atomic E-state index is -0.828. The van der Waals surface area contributed by atoms with Crippen molar-refractivity contribution in [2.75, 3.05) is 19.8 Å². The molecule has 1 aliphatic heterocycles. The number of aliphatic hydroxyl groups excluding tert-OH is 3. The molecule has 0 aliphatic carbocycles. The molecule has 3 N–H and O–H groups in total. The fraction of sp³-hybridized carbons (Fsp3) is 0.917. The first-order chi connectivity index (χ1) is 14.2. The summed E-state index contributed by atoms with van der Waals surface area (Å²) >= 11 is 0. The van der Waals surface area contributed by atoms with Gasteiger partial charge in [0, 0.05) is 6.61 Å². The Morgan fingerprint density at radius 3 is 2.14 bits per heavy atom. The zero-order chi connectivity index (χ0) is 21.2. The number of unbranched alkanes of at least 4 members (excludes halogenated alkanes) is 10. The summed E-state index contributed by atoms with van der Waals surface area (Å²) in [5, 5.41) is 28.7. The van der Waals surface area contributed by atoms with Crippen molar-refractivity contribution in [3.8, 4) is 0 Å². The van der Waals surface area contributed by atoms with Gasteiger partial charge in [-0.05, 0) is 38.5 Å². The van der Waals surface area contributed by atoms with E-state index in [9.17, 15) is 15.3 Å². The Labute approximate surface area is 178 Å². The first-order valence-electron chi connectivity index (χ1n) is 12.0. The molecule has 1 saturated heterocycles. The number of rotatable bonds is 19. The lowest BCUT2D eigenvalue weighted by atomic mass is 10.1. The lowest BCUT2D eigenvalue weighted by molar-refractivity contribution is -0.0298. The number of hydrogen-bond donors (Lipinski definition) is 3. The molecule has 4 atom stereocenters. The number of allylic oxidation sites excluding steroid dienone is 2. The molecule has 0 aromatic heterocycles. The van der Waals surface area contributed by atoms with E-state index in [0.29, 0.717) is 13.0 Å². The van der Waals surface area contributed by atoms with Gasteiger partial charge in [-0.2, -0.15) is 0 Å². The summed E-state index contributed by atoms with van der Waals surface area (Å²) in [4.78, 5) is 0. The summed E-state index contributed by atoms with van der Waals surface area (Å²) in [6.07, 6.45) is 19.2. The van der Waals surface area contributed by atoms with Gasteiger partial charge in [-0.1, -0.05) is 70.4 Å². The molecular weight excluding hydrogens is 368 g/mol. The molecule has 0 aromatic carbocycles. The normalized spacial score (nSPS) is 23.2. The lowest BCUT2D eigenvalue weighted by Gasteiger charge is -2.18. The average molecular weight is 415 g/mol. The highest BCUT2D eigenvalue weighted by Gasteiger charge is 2.34. The van der Waals surface area contributed by atoms with Crippen molar-refractivity contribution in [3.63, 3.8) is 0 Å². The Morgan fingerprint density at radius 2 is 1.55 bits per heavy atom. The second-order valence-corrected chi connectivity index (χ2v) is 8.41. The van der Waals surface area contributed by atoms with Crippen LogP contribution >= 0.6 is 0 Å². The monoisotopic (exact) mass is 414 g/mol. The smallest absolute Gasteiger partial charge is 0.108 e. The second kappa shape index (κ2) is 18.3. The molecule has 1 heterocycles. The molecule has 1 fully saturated rings. The van der Waals surface area contributed by atoms with Gasteiger partial charge >= 0.3 is 0 Å². The highest BCUT2D eigenvalue weighted by atomic mass is 16.5. The van der Waals surface area contributed by atoms with Gasteiger partial charge < -0.3 is 24.8 Å². The third-order valence-corrected chi connectivity index (χ3v) is 5.75. The van der Waals surface area contributed by atoms with Crippen LogP contribution in [0.25, 0.3) is 0 Å². The molecule has 1 rings (SSSR count). The van der Waals surface area contributed by atoms with Crippen LogP contribution < -0.4 is 0 Å². The van der Waals surface area contributed by atoms with Crippen LogP contribution in [0, 0.1) is 0 Å². The minimum Gasteiger partial charge on any atom is -0.394 e. The van der Waals surface area contributed by atoms with Crippen molar-refractivity contribution in [1.29, 1.82) is 0 Å². The van der Waals surface area contributed by atoms with E-state index in [0.717, 1.165) is 12.8 Å². The molecule has 0 amide bonds.